The molecular weight excluding hydrogens is 222 g/mol. The van der Waals surface area contributed by atoms with Crippen LogP contribution in [0.5, 0.6) is 0 Å². The van der Waals surface area contributed by atoms with Gasteiger partial charge in [-0.15, -0.1) is 0 Å². The van der Waals surface area contributed by atoms with Gasteiger partial charge in [0.1, 0.15) is 5.57 Å². The van der Waals surface area contributed by atoms with Gasteiger partial charge in [-0.3, -0.25) is 4.84 Å². The molecule has 0 aromatic heterocycles. The van der Waals surface area contributed by atoms with E-state index in [-0.39, 0.29) is 6.61 Å². The van der Waals surface area contributed by atoms with Crippen LogP contribution in [0.25, 0.3) is 5.57 Å². The Balaban J connectivity index is 3.18. The van der Waals surface area contributed by atoms with Crippen molar-refractivity contribution in [3.63, 3.8) is 0 Å². The Morgan fingerprint density at radius 3 is 2.65 bits per heavy atom. The number of esters is 1. The van der Waals surface area contributed by atoms with Gasteiger partial charge in [-0.2, -0.15) is 0 Å². The molecule has 0 saturated carbocycles. The quantitative estimate of drug-likeness (QED) is 0.361. The Bertz CT molecular complexity index is 415. The maximum atomic E-state index is 11.6. The molecule has 0 bridgehead atoms. The van der Waals surface area contributed by atoms with E-state index < -0.39 is 5.97 Å². The normalized spacial score (nSPS) is 11.1. The lowest BCUT2D eigenvalue weighted by molar-refractivity contribution is -0.133. The zero-order valence-corrected chi connectivity index (χ0v) is 9.80. The molecule has 0 aliphatic rings. The highest BCUT2D eigenvalue weighted by molar-refractivity contribution is 6.16. The Morgan fingerprint density at radius 1 is 1.35 bits per heavy atom. The zero-order chi connectivity index (χ0) is 12.7. The van der Waals surface area contributed by atoms with Gasteiger partial charge in [-0.05, 0) is 11.1 Å². The zero-order valence-electron chi connectivity index (χ0n) is 9.80. The predicted octanol–water partition coefficient (Wildman–Crippen LogP) is 1.24. The largest absolute Gasteiger partial charge is 0.503 e. The fraction of sp³-hybridized carbons (Fsp3) is 0.250. The van der Waals surface area contributed by atoms with E-state index in [0.29, 0.717) is 11.1 Å². The molecule has 1 rings (SSSR count). The van der Waals surface area contributed by atoms with Crippen LogP contribution in [-0.2, 0) is 25.7 Å². The standard InChI is InChI=1S/C12H15NO4/c1-15-8-11(12(14)16-2)10-6-4-3-5-9(10)7-17-13/h3-6,8H,7,13H2,1-2H3/b11-8-. The van der Waals surface area contributed by atoms with Crippen LogP contribution < -0.4 is 5.90 Å². The van der Waals surface area contributed by atoms with Gasteiger partial charge in [0.15, 0.2) is 0 Å². The fourth-order valence-corrected chi connectivity index (χ4v) is 1.45. The molecular formula is C12H15NO4. The molecule has 0 unspecified atom stereocenters. The summed E-state index contributed by atoms with van der Waals surface area (Å²) in [4.78, 5) is 16.2. The van der Waals surface area contributed by atoms with Gasteiger partial charge in [-0.1, -0.05) is 24.3 Å². The van der Waals surface area contributed by atoms with Crippen molar-refractivity contribution in [1.82, 2.24) is 0 Å². The summed E-state index contributed by atoms with van der Waals surface area (Å²) in [6, 6.07) is 7.23. The van der Waals surface area contributed by atoms with E-state index >= 15 is 0 Å². The second-order valence-electron chi connectivity index (χ2n) is 3.23. The van der Waals surface area contributed by atoms with Crippen LogP contribution in [0.2, 0.25) is 0 Å². The summed E-state index contributed by atoms with van der Waals surface area (Å²) >= 11 is 0. The van der Waals surface area contributed by atoms with Crippen molar-refractivity contribution in [2.45, 2.75) is 6.61 Å². The smallest absolute Gasteiger partial charge is 0.341 e. The Morgan fingerprint density at radius 2 is 2.06 bits per heavy atom. The van der Waals surface area contributed by atoms with Crippen LogP contribution in [0.15, 0.2) is 30.5 Å². The molecule has 0 atom stereocenters. The molecule has 0 saturated heterocycles. The van der Waals surface area contributed by atoms with Crippen molar-refractivity contribution in [2.24, 2.45) is 5.90 Å². The molecule has 0 aliphatic heterocycles. The summed E-state index contributed by atoms with van der Waals surface area (Å²) in [5.41, 5.74) is 1.78. The molecule has 0 aliphatic carbocycles. The SMILES string of the molecule is CO/C=C(\C(=O)OC)c1ccccc1CON. The third-order valence-corrected chi connectivity index (χ3v) is 2.19. The van der Waals surface area contributed by atoms with Gasteiger partial charge in [-0.25, -0.2) is 10.7 Å². The molecule has 5 nitrogen and oxygen atoms in total. The van der Waals surface area contributed by atoms with Gasteiger partial charge >= 0.3 is 5.97 Å². The van der Waals surface area contributed by atoms with Crippen molar-refractivity contribution >= 4 is 11.5 Å². The fourth-order valence-electron chi connectivity index (χ4n) is 1.45. The van der Waals surface area contributed by atoms with E-state index in [1.54, 1.807) is 6.07 Å². The van der Waals surface area contributed by atoms with Crippen LogP contribution in [0.1, 0.15) is 11.1 Å². The number of rotatable bonds is 5. The number of benzene rings is 1. The molecule has 0 radical (unpaired) electrons. The Labute approximate surface area is 99.7 Å². The minimum atomic E-state index is -0.476. The van der Waals surface area contributed by atoms with Crippen LogP contribution in [0.3, 0.4) is 0 Å². The van der Waals surface area contributed by atoms with Crippen molar-refractivity contribution < 1.29 is 19.1 Å². The number of carbonyl (C=O) groups is 1. The maximum Gasteiger partial charge on any atom is 0.341 e. The van der Waals surface area contributed by atoms with Crippen LogP contribution in [0.4, 0.5) is 0 Å². The first kappa shape index (κ1) is 13.2. The lowest BCUT2D eigenvalue weighted by Crippen LogP contribution is -2.08. The number of nitrogens with two attached hydrogens (primary N) is 1. The summed E-state index contributed by atoms with van der Waals surface area (Å²) < 4.78 is 9.57. The topological polar surface area (TPSA) is 70.8 Å². The summed E-state index contributed by atoms with van der Waals surface area (Å²) in [6.45, 7) is 0.203. The number of carbonyl (C=O) groups excluding carboxylic acids is 1. The molecule has 1 aromatic rings. The average Bonchev–Trinajstić information content (AvgIpc) is 2.36. The first-order valence-corrected chi connectivity index (χ1v) is 4.95. The van der Waals surface area contributed by atoms with Crippen LogP contribution in [-0.4, -0.2) is 20.2 Å². The second kappa shape index (κ2) is 6.67. The highest BCUT2D eigenvalue weighted by atomic mass is 16.6. The summed E-state index contributed by atoms with van der Waals surface area (Å²) in [7, 11) is 2.78. The second-order valence-corrected chi connectivity index (χ2v) is 3.23. The molecule has 5 heteroatoms. The maximum absolute atomic E-state index is 11.6. The molecule has 0 amide bonds. The molecule has 0 fully saturated rings. The summed E-state index contributed by atoms with van der Waals surface area (Å²) in [6.07, 6.45) is 1.33. The molecule has 0 spiro atoms. The Hall–Kier alpha value is -1.85. The number of methoxy groups -OCH3 is 2. The van der Waals surface area contributed by atoms with E-state index in [1.807, 2.05) is 18.2 Å². The molecule has 0 heterocycles. The van der Waals surface area contributed by atoms with Crippen LogP contribution in [0, 0.1) is 0 Å². The van der Waals surface area contributed by atoms with Crippen molar-refractivity contribution in [3.8, 4) is 0 Å². The van der Waals surface area contributed by atoms with E-state index in [2.05, 4.69) is 4.84 Å². The van der Waals surface area contributed by atoms with E-state index in [1.165, 1.54) is 20.5 Å². The van der Waals surface area contributed by atoms with E-state index in [0.717, 1.165) is 5.56 Å². The van der Waals surface area contributed by atoms with E-state index in [9.17, 15) is 4.79 Å². The molecule has 92 valence electrons. The third-order valence-electron chi connectivity index (χ3n) is 2.19. The number of hydrogen-bond acceptors (Lipinski definition) is 5. The van der Waals surface area contributed by atoms with Gasteiger partial charge in [0.2, 0.25) is 0 Å². The van der Waals surface area contributed by atoms with Crippen LogP contribution >= 0.6 is 0 Å². The minimum absolute atomic E-state index is 0.203. The lowest BCUT2D eigenvalue weighted by atomic mass is 10.0. The highest BCUT2D eigenvalue weighted by Crippen LogP contribution is 2.21. The highest BCUT2D eigenvalue weighted by Gasteiger charge is 2.16. The third kappa shape index (κ3) is 3.30. The summed E-state index contributed by atoms with van der Waals surface area (Å²) in [5, 5.41) is 0. The predicted molar refractivity (Wildman–Crippen MR) is 62.4 cm³/mol. The van der Waals surface area contributed by atoms with Crippen molar-refractivity contribution in [2.75, 3.05) is 14.2 Å². The minimum Gasteiger partial charge on any atom is -0.503 e. The van der Waals surface area contributed by atoms with E-state index in [4.69, 9.17) is 15.4 Å². The molecule has 1 aromatic carbocycles. The first-order chi connectivity index (χ1) is 8.24. The van der Waals surface area contributed by atoms with Gasteiger partial charge in [0.05, 0.1) is 27.1 Å². The number of hydrogen-bond donors (Lipinski definition) is 1. The Kier molecular flexibility index (Phi) is 5.19. The lowest BCUT2D eigenvalue weighted by Gasteiger charge is -2.10. The van der Waals surface area contributed by atoms with Gasteiger partial charge < -0.3 is 9.47 Å². The number of ether oxygens (including phenoxy) is 2. The molecule has 2 N–H and O–H groups in total. The van der Waals surface area contributed by atoms with Crippen molar-refractivity contribution in [3.05, 3.63) is 41.7 Å². The summed E-state index contributed by atoms with van der Waals surface area (Å²) in [5.74, 6) is 4.57. The first-order valence-electron chi connectivity index (χ1n) is 4.95. The van der Waals surface area contributed by atoms with Gasteiger partial charge in [0, 0.05) is 0 Å². The average molecular weight is 237 g/mol. The molecule has 17 heavy (non-hydrogen) atoms. The van der Waals surface area contributed by atoms with Gasteiger partial charge in [0.25, 0.3) is 0 Å². The van der Waals surface area contributed by atoms with Crippen molar-refractivity contribution in [1.29, 1.82) is 0 Å². The monoisotopic (exact) mass is 237 g/mol.